The van der Waals surface area contributed by atoms with Crippen LogP contribution in [0, 0.1) is 0 Å². The van der Waals surface area contributed by atoms with Gasteiger partial charge in [-0.05, 0) is 18.1 Å². The summed E-state index contributed by atoms with van der Waals surface area (Å²) in [6.07, 6.45) is 0.873. The summed E-state index contributed by atoms with van der Waals surface area (Å²) in [7, 11) is 0. The number of rotatable bonds is 4. The highest BCUT2D eigenvalue weighted by molar-refractivity contribution is 8.23. The highest BCUT2D eigenvalue weighted by Gasteiger charge is 2.09. The maximum absolute atomic E-state index is 5.48. The second kappa shape index (κ2) is 6.72. The molecule has 0 aromatic heterocycles. The Morgan fingerprint density at radius 2 is 1.56 bits per heavy atom. The van der Waals surface area contributed by atoms with Crippen LogP contribution in [0.1, 0.15) is 23.3 Å². The van der Waals surface area contributed by atoms with Gasteiger partial charge >= 0.3 is 0 Å². The number of hydrogen-bond donors (Lipinski definition) is 0. The number of benzene rings is 2. The molecule has 2 heteroatoms. The van der Waals surface area contributed by atoms with Gasteiger partial charge in [-0.3, -0.25) is 0 Å². The van der Waals surface area contributed by atoms with Crippen molar-refractivity contribution in [1.82, 2.24) is 0 Å². The van der Waals surface area contributed by atoms with E-state index in [0.29, 0.717) is 5.25 Å². The summed E-state index contributed by atoms with van der Waals surface area (Å²) in [5, 5.41) is 0.419. The maximum Gasteiger partial charge on any atom is 0.0528 e. The van der Waals surface area contributed by atoms with E-state index in [1.165, 1.54) is 11.1 Å². The van der Waals surface area contributed by atoms with Gasteiger partial charge in [0.1, 0.15) is 0 Å². The lowest BCUT2D eigenvalue weighted by Gasteiger charge is -2.12. The van der Waals surface area contributed by atoms with Crippen molar-refractivity contribution >= 4 is 28.2 Å². The average Bonchev–Trinajstić information content (AvgIpc) is 2.40. The fraction of sp³-hybridized carbons (Fsp3) is 0.188. The van der Waals surface area contributed by atoms with Crippen LogP contribution in [-0.2, 0) is 6.42 Å². The van der Waals surface area contributed by atoms with Gasteiger partial charge in [-0.25, -0.2) is 0 Å². The van der Waals surface area contributed by atoms with Crippen LogP contribution in [0.25, 0.3) is 0 Å². The normalized spacial score (nSPS) is 12.1. The molecule has 0 bridgehead atoms. The Morgan fingerprint density at radius 1 is 1.00 bits per heavy atom. The van der Waals surface area contributed by atoms with Crippen LogP contribution < -0.4 is 0 Å². The summed E-state index contributed by atoms with van der Waals surface area (Å²) in [5.74, 6) is 0. The lowest BCUT2D eigenvalue weighted by atomic mass is 10.2. The molecule has 0 aliphatic rings. The first-order valence-electron chi connectivity index (χ1n) is 6.04. The molecule has 2 rings (SSSR count). The van der Waals surface area contributed by atoms with E-state index < -0.39 is 0 Å². The zero-order valence-corrected chi connectivity index (χ0v) is 12.0. The van der Waals surface area contributed by atoms with Crippen molar-refractivity contribution in [2.45, 2.75) is 18.6 Å². The lowest BCUT2D eigenvalue weighted by Crippen LogP contribution is -1.98. The molecule has 18 heavy (non-hydrogen) atoms. The van der Waals surface area contributed by atoms with Crippen molar-refractivity contribution in [3.8, 4) is 0 Å². The minimum absolute atomic E-state index is 0.419. The van der Waals surface area contributed by atoms with Crippen molar-refractivity contribution in [3.63, 3.8) is 0 Å². The molecule has 0 unspecified atom stereocenters. The average molecular weight is 272 g/mol. The Labute approximate surface area is 118 Å². The minimum Gasteiger partial charge on any atom is -0.111 e. The zero-order chi connectivity index (χ0) is 12.8. The summed E-state index contributed by atoms with van der Waals surface area (Å²) in [4.78, 5) is 0. The third-order valence-corrected chi connectivity index (χ3v) is 4.23. The van der Waals surface area contributed by atoms with Gasteiger partial charge < -0.3 is 0 Å². The van der Waals surface area contributed by atoms with Crippen molar-refractivity contribution < 1.29 is 0 Å². The molecule has 0 N–H and O–H groups in total. The Bertz CT molecular complexity index is 491. The summed E-state index contributed by atoms with van der Waals surface area (Å²) in [6.45, 7) is 2.21. The summed E-state index contributed by atoms with van der Waals surface area (Å²) >= 11 is 7.25. The Hall–Kier alpha value is -1.12. The molecule has 2 aromatic carbocycles. The van der Waals surface area contributed by atoms with E-state index in [1.807, 2.05) is 12.1 Å². The summed E-state index contributed by atoms with van der Waals surface area (Å²) in [5.41, 5.74) is 2.62. The Morgan fingerprint density at radius 3 is 2.17 bits per heavy atom. The van der Waals surface area contributed by atoms with Gasteiger partial charge in [0.05, 0.1) is 4.20 Å². The SMILES string of the molecule is C[C@H](SC(=S)Cc1ccccc1)c1ccccc1. The molecule has 2 aromatic rings. The van der Waals surface area contributed by atoms with E-state index in [1.54, 1.807) is 11.8 Å². The molecule has 0 aliphatic heterocycles. The molecule has 0 saturated carbocycles. The Kier molecular flexibility index (Phi) is 4.97. The molecule has 92 valence electrons. The molecule has 0 amide bonds. The molecule has 0 aliphatic carbocycles. The van der Waals surface area contributed by atoms with Crippen LogP contribution >= 0.6 is 24.0 Å². The van der Waals surface area contributed by atoms with Gasteiger partial charge in [-0.2, -0.15) is 0 Å². The first-order chi connectivity index (χ1) is 8.75. The number of thiocarbonyl (C=S) groups is 1. The van der Waals surface area contributed by atoms with Crippen LogP contribution in [0.2, 0.25) is 0 Å². The molecule has 0 saturated heterocycles. The van der Waals surface area contributed by atoms with Crippen molar-refractivity contribution in [3.05, 3.63) is 71.8 Å². The van der Waals surface area contributed by atoms with Gasteiger partial charge in [0.25, 0.3) is 0 Å². The number of hydrogen-bond acceptors (Lipinski definition) is 2. The van der Waals surface area contributed by atoms with Crippen LogP contribution in [0.3, 0.4) is 0 Å². The fourth-order valence-electron chi connectivity index (χ4n) is 1.79. The van der Waals surface area contributed by atoms with E-state index in [9.17, 15) is 0 Å². The van der Waals surface area contributed by atoms with E-state index >= 15 is 0 Å². The van der Waals surface area contributed by atoms with Crippen molar-refractivity contribution in [2.24, 2.45) is 0 Å². The quantitative estimate of drug-likeness (QED) is 0.714. The van der Waals surface area contributed by atoms with Gasteiger partial charge in [-0.15, -0.1) is 11.8 Å². The van der Waals surface area contributed by atoms with E-state index in [-0.39, 0.29) is 0 Å². The molecule has 0 radical (unpaired) electrons. The van der Waals surface area contributed by atoms with Crippen molar-refractivity contribution in [2.75, 3.05) is 0 Å². The Balaban J connectivity index is 1.92. The third-order valence-electron chi connectivity index (χ3n) is 2.77. The lowest BCUT2D eigenvalue weighted by molar-refractivity contribution is 1.11. The predicted octanol–water partition coefficient (Wildman–Crippen LogP) is 5.05. The summed E-state index contributed by atoms with van der Waals surface area (Å²) < 4.78 is 1.05. The summed E-state index contributed by atoms with van der Waals surface area (Å²) in [6, 6.07) is 20.9. The minimum atomic E-state index is 0.419. The van der Waals surface area contributed by atoms with Gasteiger partial charge in [0, 0.05) is 11.7 Å². The fourth-order valence-corrected chi connectivity index (χ4v) is 3.33. The molecule has 0 fully saturated rings. The standard InChI is InChI=1S/C16H16S2/c1-13(15-10-6-3-7-11-15)18-16(17)12-14-8-4-2-5-9-14/h2-11,13H,12H2,1H3/t13-/m0/s1. The molecule has 0 spiro atoms. The molecule has 0 heterocycles. The van der Waals surface area contributed by atoms with Crippen LogP contribution in [0.4, 0.5) is 0 Å². The zero-order valence-electron chi connectivity index (χ0n) is 10.4. The van der Waals surface area contributed by atoms with Crippen LogP contribution in [-0.4, -0.2) is 4.20 Å². The largest absolute Gasteiger partial charge is 0.111 e. The highest BCUT2D eigenvalue weighted by atomic mass is 32.2. The molecule has 0 nitrogen and oxygen atoms in total. The van der Waals surface area contributed by atoms with Gasteiger partial charge in [-0.1, -0.05) is 72.9 Å². The smallest absolute Gasteiger partial charge is 0.0528 e. The third kappa shape index (κ3) is 3.97. The van der Waals surface area contributed by atoms with Gasteiger partial charge in [0.15, 0.2) is 0 Å². The second-order valence-electron chi connectivity index (χ2n) is 4.21. The van der Waals surface area contributed by atoms with Crippen molar-refractivity contribution in [1.29, 1.82) is 0 Å². The first-order valence-corrected chi connectivity index (χ1v) is 7.33. The monoisotopic (exact) mass is 272 g/mol. The second-order valence-corrected chi connectivity index (χ2v) is 6.39. The van der Waals surface area contributed by atoms with E-state index in [2.05, 4.69) is 55.5 Å². The van der Waals surface area contributed by atoms with Crippen LogP contribution in [0.15, 0.2) is 60.7 Å². The first kappa shape index (κ1) is 13.3. The van der Waals surface area contributed by atoms with E-state index in [0.717, 1.165) is 10.6 Å². The topological polar surface area (TPSA) is 0 Å². The predicted molar refractivity (Wildman–Crippen MR) is 85.2 cm³/mol. The molecular formula is C16H16S2. The maximum atomic E-state index is 5.48. The molecule has 1 atom stereocenters. The van der Waals surface area contributed by atoms with Crippen LogP contribution in [0.5, 0.6) is 0 Å². The van der Waals surface area contributed by atoms with Gasteiger partial charge in [0.2, 0.25) is 0 Å². The number of thioether (sulfide) groups is 1. The van der Waals surface area contributed by atoms with E-state index in [4.69, 9.17) is 12.2 Å². The molecular weight excluding hydrogens is 256 g/mol. The highest BCUT2D eigenvalue weighted by Crippen LogP contribution is 2.30.